The van der Waals surface area contributed by atoms with Gasteiger partial charge < -0.3 is 5.11 Å². The fraction of sp³-hybridized carbons (Fsp3) is 0.143. The maximum atomic E-state index is 9.69. The second-order valence-electron chi connectivity index (χ2n) is 3.94. The summed E-state index contributed by atoms with van der Waals surface area (Å²) in [5, 5.41) is 10.3. The SMILES string of the molecule is Cc1ccc(Cc2cc(Cl)ccc2O)cc1. The summed E-state index contributed by atoms with van der Waals surface area (Å²) in [6.45, 7) is 2.06. The summed E-state index contributed by atoms with van der Waals surface area (Å²) < 4.78 is 0. The standard InChI is InChI=1S/C14H13ClO/c1-10-2-4-11(5-3-10)8-12-9-13(15)6-7-14(12)16/h2-7,9,16H,8H2,1H3. The molecule has 16 heavy (non-hydrogen) atoms. The Kier molecular flexibility index (Phi) is 3.16. The van der Waals surface area contributed by atoms with E-state index in [-0.39, 0.29) is 0 Å². The van der Waals surface area contributed by atoms with Crippen molar-refractivity contribution in [2.75, 3.05) is 0 Å². The lowest BCUT2D eigenvalue weighted by molar-refractivity contribution is 0.469. The summed E-state index contributed by atoms with van der Waals surface area (Å²) in [4.78, 5) is 0. The van der Waals surface area contributed by atoms with Crippen LogP contribution in [0.1, 0.15) is 16.7 Å². The number of aryl methyl sites for hydroxylation is 1. The Hall–Kier alpha value is -1.47. The van der Waals surface area contributed by atoms with Gasteiger partial charge in [0.25, 0.3) is 0 Å². The van der Waals surface area contributed by atoms with Gasteiger partial charge in [-0.15, -0.1) is 0 Å². The molecule has 0 atom stereocenters. The number of halogens is 1. The quantitative estimate of drug-likeness (QED) is 0.832. The van der Waals surface area contributed by atoms with Crippen LogP contribution >= 0.6 is 11.6 Å². The first-order chi connectivity index (χ1) is 7.65. The Labute approximate surface area is 100 Å². The molecular formula is C14H13ClO. The normalized spacial score (nSPS) is 10.4. The Morgan fingerprint density at radius 3 is 2.44 bits per heavy atom. The van der Waals surface area contributed by atoms with Crippen LogP contribution in [0.25, 0.3) is 0 Å². The average molecular weight is 233 g/mol. The van der Waals surface area contributed by atoms with E-state index in [1.165, 1.54) is 11.1 Å². The predicted molar refractivity (Wildman–Crippen MR) is 67.1 cm³/mol. The first-order valence-corrected chi connectivity index (χ1v) is 5.56. The molecule has 0 saturated heterocycles. The van der Waals surface area contributed by atoms with Gasteiger partial charge in [0, 0.05) is 11.4 Å². The van der Waals surface area contributed by atoms with Gasteiger partial charge in [-0.1, -0.05) is 41.4 Å². The summed E-state index contributed by atoms with van der Waals surface area (Å²) in [6, 6.07) is 13.4. The molecule has 2 aromatic rings. The highest BCUT2D eigenvalue weighted by Crippen LogP contribution is 2.24. The van der Waals surface area contributed by atoms with Gasteiger partial charge in [-0.2, -0.15) is 0 Å². The summed E-state index contributed by atoms with van der Waals surface area (Å²) in [5.74, 6) is 0.296. The maximum absolute atomic E-state index is 9.69. The van der Waals surface area contributed by atoms with Gasteiger partial charge in [0.15, 0.2) is 0 Å². The topological polar surface area (TPSA) is 20.2 Å². The molecule has 0 amide bonds. The Morgan fingerprint density at radius 1 is 1.06 bits per heavy atom. The number of aromatic hydroxyl groups is 1. The van der Waals surface area contributed by atoms with Crippen molar-refractivity contribution in [1.29, 1.82) is 0 Å². The van der Waals surface area contributed by atoms with Crippen molar-refractivity contribution >= 4 is 11.6 Å². The maximum Gasteiger partial charge on any atom is 0.119 e. The lowest BCUT2D eigenvalue weighted by atomic mass is 10.0. The van der Waals surface area contributed by atoms with Crippen molar-refractivity contribution in [2.45, 2.75) is 13.3 Å². The van der Waals surface area contributed by atoms with Crippen LogP contribution in [0, 0.1) is 6.92 Å². The fourth-order valence-corrected chi connectivity index (χ4v) is 1.82. The molecule has 0 aliphatic heterocycles. The number of rotatable bonds is 2. The number of phenolic OH excluding ortho intramolecular Hbond substituents is 1. The van der Waals surface area contributed by atoms with Crippen molar-refractivity contribution in [3.8, 4) is 5.75 Å². The molecular weight excluding hydrogens is 220 g/mol. The molecule has 0 saturated carbocycles. The lowest BCUT2D eigenvalue weighted by Gasteiger charge is -2.05. The molecule has 82 valence electrons. The van der Waals surface area contributed by atoms with Crippen molar-refractivity contribution in [3.05, 3.63) is 64.2 Å². The highest BCUT2D eigenvalue weighted by molar-refractivity contribution is 6.30. The van der Waals surface area contributed by atoms with Crippen LogP contribution < -0.4 is 0 Å². The molecule has 0 radical (unpaired) electrons. The van der Waals surface area contributed by atoms with Crippen molar-refractivity contribution < 1.29 is 5.11 Å². The van der Waals surface area contributed by atoms with Gasteiger partial charge >= 0.3 is 0 Å². The predicted octanol–water partition coefficient (Wildman–Crippen LogP) is 3.94. The van der Waals surface area contributed by atoms with Crippen LogP contribution in [0.3, 0.4) is 0 Å². The molecule has 1 N–H and O–H groups in total. The van der Waals surface area contributed by atoms with E-state index in [1.54, 1.807) is 18.2 Å². The number of hydrogen-bond donors (Lipinski definition) is 1. The van der Waals surface area contributed by atoms with Crippen LogP contribution in [0.4, 0.5) is 0 Å². The van der Waals surface area contributed by atoms with Crippen LogP contribution in [0.15, 0.2) is 42.5 Å². The molecule has 2 aromatic carbocycles. The number of hydrogen-bond acceptors (Lipinski definition) is 1. The summed E-state index contributed by atoms with van der Waals surface area (Å²) in [6.07, 6.45) is 0.701. The molecule has 0 spiro atoms. The molecule has 1 nitrogen and oxygen atoms in total. The van der Waals surface area contributed by atoms with Gasteiger partial charge in [-0.3, -0.25) is 0 Å². The monoisotopic (exact) mass is 232 g/mol. The minimum absolute atomic E-state index is 0.296. The number of phenols is 1. The third-order valence-electron chi connectivity index (χ3n) is 2.56. The minimum Gasteiger partial charge on any atom is -0.508 e. The van der Waals surface area contributed by atoms with Gasteiger partial charge in [0.05, 0.1) is 0 Å². The zero-order valence-electron chi connectivity index (χ0n) is 9.07. The van der Waals surface area contributed by atoms with Gasteiger partial charge in [-0.25, -0.2) is 0 Å². The second-order valence-corrected chi connectivity index (χ2v) is 4.37. The van der Waals surface area contributed by atoms with Crippen molar-refractivity contribution in [3.63, 3.8) is 0 Å². The van der Waals surface area contributed by atoms with Crippen LogP contribution in [0.5, 0.6) is 5.75 Å². The summed E-state index contributed by atoms with van der Waals surface area (Å²) in [7, 11) is 0. The lowest BCUT2D eigenvalue weighted by Crippen LogP contribution is -1.89. The third kappa shape index (κ3) is 2.56. The smallest absolute Gasteiger partial charge is 0.119 e. The van der Waals surface area contributed by atoms with Crippen LogP contribution in [-0.4, -0.2) is 5.11 Å². The zero-order chi connectivity index (χ0) is 11.5. The third-order valence-corrected chi connectivity index (χ3v) is 2.79. The number of benzene rings is 2. The largest absolute Gasteiger partial charge is 0.508 e. The molecule has 0 bridgehead atoms. The molecule has 2 rings (SSSR count). The molecule has 0 aliphatic rings. The highest BCUT2D eigenvalue weighted by atomic mass is 35.5. The average Bonchev–Trinajstić information content (AvgIpc) is 2.27. The second kappa shape index (κ2) is 4.58. The van der Waals surface area contributed by atoms with Gasteiger partial charge in [0.1, 0.15) is 5.75 Å². The molecule has 2 heteroatoms. The van der Waals surface area contributed by atoms with E-state index >= 15 is 0 Å². The highest BCUT2D eigenvalue weighted by Gasteiger charge is 2.03. The van der Waals surface area contributed by atoms with Crippen LogP contribution in [-0.2, 0) is 6.42 Å². The Bertz CT molecular complexity index is 489. The zero-order valence-corrected chi connectivity index (χ0v) is 9.83. The van der Waals surface area contributed by atoms with Crippen LogP contribution in [0.2, 0.25) is 5.02 Å². The first kappa shape index (κ1) is 11.0. The fourth-order valence-electron chi connectivity index (χ4n) is 1.62. The van der Waals surface area contributed by atoms with E-state index in [4.69, 9.17) is 11.6 Å². The summed E-state index contributed by atoms with van der Waals surface area (Å²) >= 11 is 5.90. The van der Waals surface area contributed by atoms with E-state index in [0.717, 1.165) is 5.56 Å². The van der Waals surface area contributed by atoms with E-state index < -0.39 is 0 Å². The molecule has 0 fully saturated rings. The van der Waals surface area contributed by atoms with Gasteiger partial charge in [0.2, 0.25) is 0 Å². The molecule has 0 heterocycles. The van der Waals surface area contributed by atoms with E-state index in [0.29, 0.717) is 17.2 Å². The van der Waals surface area contributed by atoms with Crippen molar-refractivity contribution in [1.82, 2.24) is 0 Å². The molecule has 0 aliphatic carbocycles. The summed E-state index contributed by atoms with van der Waals surface area (Å²) in [5.41, 5.74) is 3.26. The van der Waals surface area contributed by atoms with E-state index in [9.17, 15) is 5.11 Å². The Morgan fingerprint density at radius 2 is 1.75 bits per heavy atom. The van der Waals surface area contributed by atoms with E-state index in [2.05, 4.69) is 31.2 Å². The molecule has 0 aromatic heterocycles. The first-order valence-electron chi connectivity index (χ1n) is 5.18. The Balaban J connectivity index is 2.26. The minimum atomic E-state index is 0.296. The van der Waals surface area contributed by atoms with E-state index in [1.807, 2.05) is 0 Å². The molecule has 0 unspecified atom stereocenters. The van der Waals surface area contributed by atoms with Gasteiger partial charge in [-0.05, 0) is 36.2 Å². The van der Waals surface area contributed by atoms with Crippen molar-refractivity contribution in [2.24, 2.45) is 0 Å².